The van der Waals surface area contributed by atoms with Gasteiger partial charge < -0.3 is 9.72 Å². The van der Waals surface area contributed by atoms with Crippen LogP contribution in [0.25, 0.3) is 21.3 Å². The Morgan fingerprint density at radius 2 is 1.84 bits per heavy atom. The fraction of sp³-hybridized carbons (Fsp3) is 0.280. The summed E-state index contributed by atoms with van der Waals surface area (Å²) in [6, 6.07) is 18.3. The van der Waals surface area contributed by atoms with Crippen molar-refractivity contribution in [1.82, 2.24) is 9.97 Å². The van der Waals surface area contributed by atoms with E-state index in [1.807, 2.05) is 35.7 Å². The van der Waals surface area contributed by atoms with Gasteiger partial charge in [0.15, 0.2) is 5.16 Å². The molecule has 0 unspecified atom stereocenters. The number of nitrogens with one attached hydrogen (secondary N) is 1. The Kier molecular flexibility index (Phi) is 7.10. The smallest absolute Gasteiger partial charge is 0.260 e. The largest absolute Gasteiger partial charge is 0.494 e. The van der Waals surface area contributed by atoms with E-state index in [2.05, 4.69) is 48.1 Å². The van der Waals surface area contributed by atoms with Gasteiger partial charge in [-0.25, -0.2) is 4.98 Å². The number of fused-ring (bicyclic) bond motifs is 1. The molecule has 31 heavy (non-hydrogen) atoms. The van der Waals surface area contributed by atoms with Crippen LogP contribution in [0, 0.1) is 0 Å². The highest BCUT2D eigenvalue weighted by Crippen LogP contribution is 2.32. The maximum atomic E-state index is 12.8. The van der Waals surface area contributed by atoms with Crippen molar-refractivity contribution in [1.29, 1.82) is 0 Å². The van der Waals surface area contributed by atoms with E-state index in [0.717, 1.165) is 40.3 Å². The summed E-state index contributed by atoms with van der Waals surface area (Å²) in [4.78, 5) is 21.2. The third-order valence-electron chi connectivity index (χ3n) is 5.10. The molecule has 0 aliphatic carbocycles. The van der Waals surface area contributed by atoms with Crippen LogP contribution in [-0.4, -0.2) is 22.3 Å². The van der Waals surface area contributed by atoms with Gasteiger partial charge in [0, 0.05) is 16.7 Å². The third-order valence-corrected chi connectivity index (χ3v) is 6.93. The first-order valence-corrected chi connectivity index (χ1v) is 12.4. The number of hydrogen-bond donors (Lipinski definition) is 1. The summed E-state index contributed by atoms with van der Waals surface area (Å²) in [5.74, 6) is 2.28. The first-order chi connectivity index (χ1) is 15.1. The number of benzene rings is 2. The van der Waals surface area contributed by atoms with Crippen LogP contribution in [-0.2, 0) is 0 Å². The molecule has 2 aromatic carbocycles. The molecule has 0 fully saturated rings. The number of nitrogens with zero attached hydrogens (tertiary/aromatic N) is 1. The molecule has 2 aromatic heterocycles. The molecule has 1 N–H and O–H groups in total. The van der Waals surface area contributed by atoms with E-state index in [9.17, 15) is 4.79 Å². The van der Waals surface area contributed by atoms with Crippen molar-refractivity contribution in [3.8, 4) is 16.9 Å². The van der Waals surface area contributed by atoms with Crippen molar-refractivity contribution in [2.45, 2.75) is 37.8 Å². The first-order valence-electron chi connectivity index (χ1n) is 10.5. The normalized spacial score (nSPS) is 11.3. The van der Waals surface area contributed by atoms with Crippen molar-refractivity contribution < 1.29 is 4.74 Å². The van der Waals surface area contributed by atoms with Crippen molar-refractivity contribution in [3.05, 3.63) is 75.9 Å². The highest BCUT2D eigenvalue weighted by Gasteiger charge is 2.13. The quantitative estimate of drug-likeness (QED) is 0.175. The second kappa shape index (κ2) is 10.2. The van der Waals surface area contributed by atoms with Gasteiger partial charge in [0.1, 0.15) is 10.6 Å². The van der Waals surface area contributed by atoms with Gasteiger partial charge in [-0.3, -0.25) is 4.79 Å². The van der Waals surface area contributed by atoms with Crippen molar-refractivity contribution >= 4 is 33.3 Å². The lowest BCUT2D eigenvalue weighted by molar-refractivity contribution is 0.310. The third kappa shape index (κ3) is 5.38. The molecule has 0 aliphatic heterocycles. The average Bonchev–Trinajstić information content (AvgIpc) is 3.21. The van der Waals surface area contributed by atoms with Crippen LogP contribution >= 0.6 is 23.1 Å². The molecule has 0 spiro atoms. The van der Waals surface area contributed by atoms with E-state index in [1.54, 1.807) is 11.8 Å². The number of rotatable bonds is 9. The number of hydrogen-bond acceptors (Lipinski definition) is 5. The maximum absolute atomic E-state index is 12.8. The number of aromatic amines is 1. The van der Waals surface area contributed by atoms with Crippen LogP contribution < -0.4 is 10.3 Å². The van der Waals surface area contributed by atoms with Gasteiger partial charge in [0.05, 0.1) is 12.0 Å². The van der Waals surface area contributed by atoms with Gasteiger partial charge in [-0.1, -0.05) is 68.1 Å². The Hall–Kier alpha value is -2.57. The molecule has 4 rings (SSSR count). The highest BCUT2D eigenvalue weighted by molar-refractivity contribution is 7.99. The van der Waals surface area contributed by atoms with E-state index >= 15 is 0 Å². The van der Waals surface area contributed by atoms with Gasteiger partial charge in [-0.15, -0.1) is 11.3 Å². The summed E-state index contributed by atoms with van der Waals surface area (Å²) < 4.78 is 5.72. The van der Waals surface area contributed by atoms with Crippen LogP contribution in [0.5, 0.6) is 5.75 Å². The molecule has 2 heterocycles. The summed E-state index contributed by atoms with van der Waals surface area (Å²) in [5, 5.41) is 3.40. The molecular weight excluding hydrogens is 424 g/mol. The Bertz CT molecular complexity index is 1180. The molecule has 0 saturated carbocycles. The Morgan fingerprint density at radius 1 is 1.06 bits per heavy atom. The lowest BCUT2D eigenvalue weighted by Crippen LogP contribution is -2.08. The van der Waals surface area contributed by atoms with Gasteiger partial charge in [0.25, 0.3) is 5.56 Å². The number of unbranched alkanes of at least 4 members (excludes halogenated alkanes) is 1. The van der Waals surface area contributed by atoms with Crippen LogP contribution in [0.3, 0.4) is 0 Å². The van der Waals surface area contributed by atoms with Crippen LogP contribution in [0.15, 0.2) is 69.9 Å². The van der Waals surface area contributed by atoms with Gasteiger partial charge in [-0.2, -0.15) is 0 Å². The number of thioether (sulfide) groups is 1. The fourth-order valence-corrected chi connectivity index (χ4v) is 5.21. The molecule has 0 aliphatic rings. The van der Waals surface area contributed by atoms with Crippen molar-refractivity contribution in [3.63, 3.8) is 0 Å². The molecule has 4 aromatic rings. The summed E-state index contributed by atoms with van der Waals surface area (Å²) in [6.07, 6.45) is 1.96. The topological polar surface area (TPSA) is 55.0 Å². The minimum atomic E-state index is -0.0657. The Balaban J connectivity index is 1.36. The molecule has 0 bridgehead atoms. The first kappa shape index (κ1) is 21.7. The van der Waals surface area contributed by atoms with E-state index in [1.165, 1.54) is 16.9 Å². The SMILES string of the molecule is CC(C)c1ccc(-c2csc3nc(SCCCCOc4ccccc4)[nH]c(=O)c23)cc1. The summed E-state index contributed by atoms with van der Waals surface area (Å²) >= 11 is 3.12. The minimum Gasteiger partial charge on any atom is -0.494 e. The summed E-state index contributed by atoms with van der Waals surface area (Å²) in [7, 11) is 0. The van der Waals surface area contributed by atoms with Crippen LogP contribution in [0.4, 0.5) is 0 Å². The second-order valence-electron chi connectivity index (χ2n) is 7.69. The van der Waals surface area contributed by atoms with Crippen molar-refractivity contribution in [2.24, 2.45) is 0 Å². The van der Waals surface area contributed by atoms with E-state index < -0.39 is 0 Å². The Morgan fingerprint density at radius 3 is 2.58 bits per heavy atom. The molecular formula is C25H26N2O2S2. The summed E-state index contributed by atoms with van der Waals surface area (Å²) in [5.41, 5.74) is 3.24. The molecule has 6 heteroatoms. The number of para-hydroxylation sites is 1. The summed E-state index contributed by atoms with van der Waals surface area (Å²) in [6.45, 7) is 5.05. The second-order valence-corrected chi connectivity index (χ2v) is 9.64. The predicted octanol–water partition coefficient (Wildman–Crippen LogP) is 6.73. The zero-order valence-corrected chi connectivity index (χ0v) is 19.4. The van der Waals surface area contributed by atoms with E-state index in [-0.39, 0.29) is 5.56 Å². The number of aromatic nitrogens is 2. The highest BCUT2D eigenvalue weighted by atomic mass is 32.2. The average molecular weight is 451 g/mol. The lowest BCUT2D eigenvalue weighted by Gasteiger charge is -2.07. The van der Waals surface area contributed by atoms with Gasteiger partial charge in [0.2, 0.25) is 0 Å². The molecule has 4 nitrogen and oxygen atoms in total. The zero-order chi connectivity index (χ0) is 21.6. The fourth-order valence-electron chi connectivity index (χ4n) is 3.34. The monoisotopic (exact) mass is 450 g/mol. The van der Waals surface area contributed by atoms with E-state index in [4.69, 9.17) is 4.74 Å². The lowest BCUT2D eigenvalue weighted by atomic mass is 9.99. The van der Waals surface area contributed by atoms with Gasteiger partial charge in [-0.05, 0) is 42.0 Å². The predicted molar refractivity (Wildman–Crippen MR) is 132 cm³/mol. The van der Waals surface area contributed by atoms with Crippen LogP contribution in [0.2, 0.25) is 0 Å². The minimum absolute atomic E-state index is 0.0657. The number of thiophene rings is 1. The van der Waals surface area contributed by atoms with Crippen molar-refractivity contribution in [2.75, 3.05) is 12.4 Å². The van der Waals surface area contributed by atoms with E-state index in [0.29, 0.717) is 23.1 Å². The standard InChI is InChI=1S/C25H26N2O2S2/c1-17(2)18-10-12-19(13-11-18)21-16-31-24-22(21)23(28)26-25(27-24)30-15-7-6-14-29-20-8-4-3-5-9-20/h3-5,8-13,16-17H,6-7,14-15H2,1-2H3,(H,26,27,28). The molecule has 0 saturated heterocycles. The molecule has 0 radical (unpaired) electrons. The van der Waals surface area contributed by atoms with Crippen LogP contribution in [0.1, 0.15) is 38.2 Å². The molecule has 0 amide bonds. The maximum Gasteiger partial charge on any atom is 0.260 e. The molecule has 160 valence electrons. The van der Waals surface area contributed by atoms with Gasteiger partial charge >= 0.3 is 0 Å². The zero-order valence-electron chi connectivity index (χ0n) is 17.8. The Labute approximate surface area is 190 Å². The molecule has 0 atom stereocenters. The number of H-pyrrole nitrogens is 1. The number of ether oxygens (including phenoxy) is 1.